The van der Waals surface area contributed by atoms with Gasteiger partial charge in [0, 0.05) is 18.3 Å². The quantitative estimate of drug-likeness (QED) is 0.263. The van der Waals surface area contributed by atoms with Gasteiger partial charge < -0.3 is 24.2 Å². The molecule has 0 bridgehead atoms. The highest BCUT2D eigenvalue weighted by Crippen LogP contribution is 2.69. The van der Waals surface area contributed by atoms with Crippen LogP contribution in [-0.4, -0.2) is 61.0 Å². The van der Waals surface area contributed by atoms with Crippen LogP contribution in [0.15, 0.2) is 11.6 Å². The van der Waals surface area contributed by atoms with Crippen LogP contribution in [0.5, 0.6) is 0 Å². The summed E-state index contributed by atoms with van der Waals surface area (Å²) in [6.07, 6.45) is 0.538. The van der Waals surface area contributed by atoms with Crippen molar-refractivity contribution in [2.75, 3.05) is 0 Å². The first kappa shape index (κ1) is 31.5. The average Bonchev–Trinajstić information content (AvgIpc) is 3.04. The van der Waals surface area contributed by atoms with Crippen LogP contribution in [0.25, 0.3) is 0 Å². The lowest BCUT2D eigenvalue weighted by molar-refractivity contribution is -0.108. The zero-order valence-corrected chi connectivity index (χ0v) is 28.5. The van der Waals surface area contributed by atoms with E-state index in [1.165, 1.54) is 0 Å². The molecular weight excluding hydrogens is 496 g/mol. The summed E-state index contributed by atoms with van der Waals surface area (Å²) in [5.74, 6) is 0.337. The van der Waals surface area contributed by atoms with Crippen LogP contribution in [0.1, 0.15) is 75.7 Å². The molecule has 216 valence electrons. The van der Waals surface area contributed by atoms with E-state index in [1.54, 1.807) is 6.92 Å². The van der Waals surface area contributed by atoms with Gasteiger partial charge in [-0.25, -0.2) is 0 Å². The van der Waals surface area contributed by atoms with Crippen molar-refractivity contribution in [2.24, 2.45) is 35.0 Å². The van der Waals surface area contributed by atoms with Crippen LogP contribution >= 0.6 is 0 Å². The monoisotopic (exact) mass is 554 g/mol. The van der Waals surface area contributed by atoms with Crippen molar-refractivity contribution >= 4 is 16.6 Å². The molecule has 3 aliphatic rings. The standard InChI is InChI=1S/C30H58O5Si2/c1-18(2)30(35-36(11,12)13)21-16-28(10,32)17-29(21,33)25(31)19(3)24(34-37(14,15)26(5,6)7)23(30)22-20(4)27(22,8)9/h16,18-20,22-25,31-33H,17H2,1-15H3/t19-,20+,22+,23+,24?,25+,28+,29-,30?/m0/s1. The van der Waals surface area contributed by atoms with E-state index in [0.717, 1.165) is 0 Å². The van der Waals surface area contributed by atoms with Gasteiger partial charge in [0.2, 0.25) is 0 Å². The highest BCUT2D eigenvalue weighted by Gasteiger charge is 2.73. The Balaban J connectivity index is 2.43. The van der Waals surface area contributed by atoms with E-state index in [0.29, 0.717) is 17.4 Å². The van der Waals surface area contributed by atoms with Gasteiger partial charge >= 0.3 is 0 Å². The maximum Gasteiger partial charge on any atom is 0.192 e. The van der Waals surface area contributed by atoms with E-state index in [2.05, 4.69) is 88.1 Å². The van der Waals surface area contributed by atoms with Crippen LogP contribution in [0.2, 0.25) is 37.8 Å². The summed E-state index contributed by atoms with van der Waals surface area (Å²) in [5.41, 5.74) is -2.92. The van der Waals surface area contributed by atoms with Gasteiger partial charge in [0.15, 0.2) is 16.6 Å². The van der Waals surface area contributed by atoms with Crippen LogP contribution in [-0.2, 0) is 8.85 Å². The summed E-state index contributed by atoms with van der Waals surface area (Å²) in [6.45, 7) is 33.1. The van der Waals surface area contributed by atoms with Gasteiger partial charge in [0.1, 0.15) is 5.60 Å². The SMILES string of the molecule is CC(C)C1(O[Si](C)(C)C)C2=C[C@@](C)(O)C[C@@]2(O)[C@H](O)[C@@H](C)C(O[Si](C)(C)C(C)(C)C)[C@H]1[C@H]1[C@@H](C)C1(C)C. The molecule has 0 heterocycles. The van der Waals surface area contributed by atoms with Gasteiger partial charge in [-0.3, -0.25) is 0 Å². The summed E-state index contributed by atoms with van der Waals surface area (Å²) in [6, 6.07) is 0. The predicted molar refractivity (Wildman–Crippen MR) is 157 cm³/mol. The highest BCUT2D eigenvalue weighted by molar-refractivity contribution is 6.74. The molecule has 0 aromatic carbocycles. The van der Waals surface area contributed by atoms with Crippen molar-refractivity contribution in [1.29, 1.82) is 0 Å². The second-order valence-corrected chi connectivity index (χ2v) is 25.7. The van der Waals surface area contributed by atoms with E-state index in [9.17, 15) is 15.3 Å². The minimum absolute atomic E-state index is 0.00233. The summed E-state index contributed by atoms with van der Waals surface area (Å²) < 4.78 is 14.7. The first-order valence-electron chi connectivity index (χ1n) is 14.5. The molecule has 3 rings (SSSR count). The molecule has 2 saturated carbocycles. The fourth-order valence-electron chi connectivity index (χ4n) is 7.53. The molecule has 7 heteroatoms. The molecule has 3 N–H and O–H groups in total. The molecule has 2 unspecified atom stereocenters. The number of aliphatic hydroxyl groups excluding tert-OH is 1. The average molecular weight is 555 g/mol. The third-order valence-electron chi connectivity index (χ3n) is 10.7. The summed E-state index contributed by atoms with van der Waals surface area (Å²) in [4.78, 5) is 0. The van der Waals surface area contributed by atoms with Gasteiger partial charge in [-0.05, 0) is 79.5 Å². The minimum atomic E-state index is -2.26. The first-order valence-corrected chi connectivity index (χ1v) is 20.8. The van der Waals surface area contributed by atoms with Crippen molar-refractivity contribution in [3.05, 3.63) is 11.6 Å². The molecule has 0 aliphatic heterocycles. The van der Waals surface area contributed by atoms with Crippen molar-refractivity contribution < 1.29 is 24.2 Å². The molecule has 37 heavy (non-hydrogen) atoms. The van der Waals surface area contributed by atoms with Crippen molar-refractivity contribution in [3.63, 3.8) is 0 Å². The van der Waals surface area contributed by atoms with Gasteiger partial charge in [-0.2, -0.15) is 0 Å². The summed E-state index contributed by atoms with van der Waals surface area (Å²) >= 11 is 0. The van der Waals surface area contributed by atoms with Gasteiger partial charge in [0.25, 0.3) is 0 Å². The molecule has 0 saturated heterocycles. The molecule has 0 aromatic heterocycles. The largest absolute Gasteiger partial charge is 0.413 e. The molecule has 0 radical (unpaired) electrons. The Morgan fingerprint density at radius 1 is 0.973 bits per heavy atom. The van der Waals surface area contributed by atoms with E-state index in [4.69, 9.17) is 8.85 Å². The van der Waals surface area contributed by atoms with Crippen molar-refractivity contribution in [2.45, 2.75) is 142 Å². The number of fused-ring (bicyclic) bond motifs is 1. The van der Waals surface area contributed by atoms with Crippen molar-refractivity contribution in [3.8, 4) is 0 Å². The first-order chi connectivity index (χ1) is 16.3. The Hall–Kier alpha value is -0.0262. The predicted octanol–water partition coefficient (Wildman–Crippen LogP) is 6.35. The molecule has 9 atom stereocenters. The van der Waals surface area contributed by atoms with Gasteiger partial charge in [-0.15, -0.1) is 0 Å². The molecule has 0 spiro atoms. The lowest BCUT2D eigenvalue weighted by Gasteiger charge is -2.54. The lowest BCUT2D eigenvalue weighted by Crippen LogP contribution is -2.61. The topological polar surface area (TPSA) is 79.2 Å². The van der Waals surface area contributed by atoms with E-state index < -0.39 is 39.5 Å². The Morgan fingerprint density at radius 2 is 1.46 bits per heavy atom. The Bertz CT molecular complexity index is 912. The Morgan fingerprint density at radius 3 is 1.84 bits per heavy atom. The summed E-state index contributed by atoms with van der Waals surface area (Å²) in [7, 11) is -4.46. The zero-order chi connectivity index (χ0) is 28.9. The van der Waals surface area contributed by atoms with Gasteiger partial charge in [0.05, 0.1) is 23.4 Å². The van der Waals surface area contributed by atoms with E-state index >= 15 is 0 Å². The third-order valence-corrected chi connectivity index (χ3v) is 16.2. The van der Waals surface area contributed by atoms with Gasteiger partial charge in [-0.1, -0.05) is 62.3 Å². The van der Waals surface area contributed by atoms with Crippen LogP contribution in [0.3, 0.4) is 0 Å². The fourth-order valence-corrected chi connectivity index (χ4v) is 10.4. The number of hydrogen-bond acceptors (Lipinski definition) is 5. The molecule has 0 aromatic rings. The molecule has 3 aliphatic carbocycles. The zero-order valence-electron chi connectivity index (χ0n) is 26.5. The number of aliphatic hydroxyl groups is 3. The van der Waals surface area contributed by atoms with E-state index in [-0.39, 0.29) is 40.7 Å². The maximum atomic E-state index is 12.5. The molecule has 0 amide bonds. The Kier molecular flexibility index (Phi) is 7.65. The third kappa shape index (κ3) is 5.02. The number of rotatable bonds is 6. The second kappa shape index (κ2) is 8.99. The molecule has 5 nitrogen and oxygen atoms in total. The smallest absolute Gasteiger partial charge is 0.192 e. The minimum Gasteiger partial charge on any atom is -0.413 e. The van der Waals surface area contributed by atoms with Crippen LogP contribution in [0.4, 0.5) is 0 Å². The Labute approximate surface area is 229 Å². The second-order valence-electron chi connectivity index (χ2n) is 16.5. The maximum absolute atomic E-state index is 12.5. The van der Waals surface area contributed by atoms with Crippen LogP contribution < -0.4 is 0 Å². The molecular formula is C30H58O5Si2. The lowest BCUT2D eigenvalue weighted by atomic mass is 9.66. The van der Waals surface area contributed by atoms with E-state index in [1.807, 2.05) is 13.0 Å². The van der Waals surface area contributed by atoms with Crippen LogP contribution in [0, 0.1) is 35.0 Å². The number of hydrogen-bond donors (Lipinski definition) is 3. The highest BCUT2D eigenvalue weighted by atomic mass is 28.4. The molecule has 2 fully saturated rings. The van der Waals surface area contributed by atoms with Crippen molar-refractivity contribution in [1.82, 2.24) is 0 Å². The fraction of sp³-hybridized carbons (Fsp3) is 0.933. The normalized spacial score (nSPS) is 44.5. The summed E-state index contributed by atoms with van der Waals surface area (Å²) in [5, 5.41) is 35.8.